The Bertz CT molecular complexity index is 605. The first-order chi connectivity index (χ1) is 12.3. The quantitative estimate of drug-likeness (QED) is 0.818. The van der Waals surface area contributed by atoms with Crippen molar-refractivity contribution >= 4 is 11.8 Å². The van der Waals surface area contributed by atoms with Crippen LogP contribution in [0.5, 0.6) is 0 Å². The number of carbonyl (C=O) groups excluding carboxylic acids is 2. The number of likely N-dealkylation sites (tertiary alicyclic amines) is 1. The monoisotopic (exact) mass is 360 g/mol. The standard InChI is InChI=1S/C22H36N2O2/c1-5-23-20(26)17-8-7-15-14-6-9-18-22(3,13-11-19(25)24(18)4)16(14)10-12-21(15,17)2/h14-18H,5-13H2,1-4H3,(H,23,26)/t14-,15-,16-,17+,18?,21-,22+/m0/s1. The van der Waals surface area contributed by atoms with Crippen LogP contribution in [0.1, 0.15) is 72.1 Å². The van der Waals surface area contributed by atoms with Gasteiger partial charge in [0.15, 0.2) is 0 Å². The Labute approximate surface area is 158 Å². The Kier molecular flexibility index (Phi) is 4.39. The van der Waals surface area contributed by atoms with E-state index in [-0.39, 0.29) is 16.7 Å². The predicted molar refractivity (Wildman–Crippen MR) is 102 cm³/mol. The van der Waals surface area contributed by atoms with Gasteiger partial charge in [0.1, 0.15) is 0 Å². The third-order valence-corrected chi connectivity index (χ3v) is 9.22. The molecule has 4 rings (SSSR count). The second-order valence-electron chi connectivity index (χ2n) is 10.0. The van der Waals surface area contributed by atoms with Crippen molar-refractivity contribution in [3.63, 3.8) is 0 Å². The van der Waals surface area contributed by atoms with Crippen LogP contribution in [0, 0.1) is 34.5 Å². The average Bonchev–Trinajstić information content (AvgIpc) is 2.96. The van der Waals surface area contributed by atoms with E-state index < -0.39 is 0 Å². The molecule has 0 aromatic heterocycles. The SMILES string of the molecule is CCNC(=O)[C@H]1CC[C@H]2[C@@H]3CCC4N(C)C(=O)CC[C@]4(C)[C@H]3CC[C@]12C. The minimum absolute atomic E-state index is 0.181. The van der Waals surface area contributed by atoms with Crippen LogP contribution in [0.3, 0.4) is 0 Å². The topological polar surface area (TPSA) is 49.4 Å². The molecule has 1 aliphatic heterocycles. The minimum atomic E-state index is 0.181. The van der Waals surface area contributed by atoms with Gasteiger partial charge >= 0.3 is 0 Å². The first-order valence-corrected chi connectivity index (χ1v) is 10.9. The van der Waals surface area contributed by atoms with Crippen molar-refractivity contribution in [2.75, 3.05) is 13.6 Å². The molecule has 4 nitrogen and oxygen atoms in total. The van der Waals surface area contributed by atoms with Crippen molar-refractivity contribution in [2.24, 2.45) is 34.5 Å². The summed E-state index contributed by atoms with van der Waals surface area (Å²) in [6.45, 7) is 7.64. The number of nitrogens with one attached hydrogen (secondary N) is 1. The summed E-state index contributed by atoms with van der Waals surface area (Å²) in [5.41, 5.74) is 0.455. The van der Waals surface area contributed by atoms with Crippen LogP contribution in [0.4, 0.5) is 0 Å². The number of hydrogen-bond acceptors (Lipinski definition) is 2. The van der Waals surface area contributed by atoms with Crippen LogP contribution in [0.15, 0.2) is 0 Å². The van der Waals surface area contributed by atoms with Crippen molar-refractivity contribution in [2.45, 2.75) is 78.2 Å². The molecule has 0 aromatic rings. The summed E-state index contributed by atoms with van der Waals surface area (Å²) in [6, 6.07) is 0.426. The second-order valence-corrected chi connectivity index (χ2v) is 10.0. The second kappa shape index (κ2) is 6.24. The van der Waals surface area contributed by atoms with Gasteiger partial charge in [-0.3, -0.25) is 9.59 Å². The van der Waals surface area contributed by atoms with E-state index in [9.17, 15) is 9.59 Å². The van der Waals surface area contributed by atoms with Gasteiger partial charge in [0.25, 0.3) is 0 Å². The highest BCUT2D eigenvalue weighted by Gasteiger charge is 2.62. The summed E-state index contributed by atoms with van der Waals surface area (Å²) in [4.78, 5) is 27.0. The van der Waals surface area contributed by atoms with Crippen LogP contribution in [0.2, 0.25) is 0 Å². The minimum Gasteiger partial charge on any atom is -0.356 e. The average molecular weight is 361 g/mol. The Morgan fingerprint density at radius 3 is 2.54 bits per heavy atom. The fourth-order valence-corrected chi connectivity index (χ4v) is 7.88. The first-order valence-electron chi connectivity index (χ1n) is 10.9. The van der Waals surface area contributed by atoms with Gasteiger partial charge in [-0.25, -0.2) is 0 Å². The van der Waals surface area contributed by atoms with Gasteiger partial charge in [-0.1, -0.05) is 13.8 Å². The lowest BCUT2D eigenvalue weighted by molar-refractivity contribution is -0.159. The number of hydrogen-bond donors (Lipinski definition) is 1. The molecule has 1 N–H and O–H groups in total. The number of nitrogens with zero attached hydrogens (tertiary/aromatic N) is 1. The van der Waals surface area contributed by atoms with Gasteiger partial charge in [-0.2, -0.15) is 0 Å². The molecular weight excluding hydrogens is 324 g/mol. The molecular formula is C22H36N2O2. The van der Waals surface area contributed by atoms with Crippen LogP contribution in [-0.4, -0.2) is 36.3 Å². The highest BCUT2D eigenvalue weighted by atomic mass is 16.2. The van der Waals surface area contributed by atoms with Crippen molar-refractivity contribution < 1.29 is 9.59 Å². The van der Waals surface area contributed by atoms with Crippen molar-refractivity contribution in [3.05, 3.63) is 0 Å². The third-order valence-electron chi connectivity index (χ3n) is 9.22. The van der Waals surface area contributed by atoms with E-state index in [0.29, 0.717) is 23.8 Å². The molecule has 7 atom stereocenters. The maximum absolute atomic E-state index is 12.7. The summed E-state index contributed by atoms with van der Waals surface area (Å²) >= 11 is 0. The molecule has 4 heteroatoms. The fourth-order valence-electron chi connectivity index (χ4n) is 7.88. The van der Waals surface area contributed by atoms with Crippen LogP contribution in [0.25, 0.3) is 0 Å². The zero-order chi connectivity index (χ0) is 18.7. The van der Waals surface area contributed by atoms with Crippen molar-refractivity contribution in [1.29, 1.82) is 0 Å². The third kappa shape index (κ3) is 2.39. The molecule has 0 bridgehead atoms. The van der Waals surface area contributed by atoms with E-state index in [1.54, 1.807) is 0 Å². The van der Waals surface area contributed by atoms with E-state index in [2.05, 4.69) is 24.1 Å². The number of fused-ring (bicyclic) bond motifs is 5. The van der Waals surface area contributed by atoms with E-state index in [1.807, 2.05) is 14.0 Å². The normalized spacial score (nSPS) is 47.8. The summed E-state index contributed by atoms with van der Waals surface area (Å²) in [6.07, 6.45) is 8.87. The van der Waals surface area contributed by atoms with Gasteiger partial charge in [0.05, 0.1) is 0 Å². The molecule has 3 saturated carbocycles. The molecule has 1 unspecified atom stereocenters. The fraction of sp³-hybridized carbons (Fsp3) is 0.909. The maximum atomic E-state index is 12.7. The van der Waals surface area contributed by atoms with Crippen molar-refractivity contribution in [3.8, 4) is 0 Å². The molecule has 26 heavy (non-hydrogen) atoms. The highest BCUT2D eigenvalue weighted by molar-refractivity contribution is 5.80. The van der Waals surface area contributed by atoms with E-state index >= 15 is 0 Å². The van der Waals surface area contributed by atoms with E-state index in [0.717, 1.165) is 44.1 Å². The lowest BCUT2D eigenvalue weighted by atomic mass is 9.47. The zero-order valence-electron chi connectivity index (χ0n) is 17.0. The summed E-state index contributed by atoms with van der Waals surface area (Å²) < 4.78 is 0. The Morgan fingerprint density at radius 1 is 1.08 bits per heavy atom. The summed E-state index contributed by atoms with van der Waals surface area (Å²) in [5, 5.41) is 3.10. The predicted octanol–water partition coefficient (Wildman–Crippen LogP) is 3.60. The lowest BCUT2D eigenvalue weighted by Gasteiger charge is -2.61. The molecule has 1 saturated heterocycles. The Balaban J connectivity index is 1.59. The van der Waals surface area contributed by atoms with Gasteiger partial charge in [-0.05, 0) is 80.5 Å². The Hall–Kier alpha value is -1.06. The molecule has 4 aliphatic rings. The smallest absolute Gasteiger partial charge is 0.223 e. The van der Waals surface area contributed by atoms with Crippen LogP contribution < -0.4 is 5.32 Å². The molecule has 0 aromatic carbocycles. The number of piperidine rings is 1. The largest absolute Gasteiger partial charge is 0.356 e. The molecule has 146 valence electrons. The summed E-state index contributed by atoms with van der Waals surface area (Å²) in [5.74, 6) is 2.99. The molecule has 1 heterocycles. The maximum Gasteiger partial charge on any atom is 0.223 e. The van der Waals surface area contributed by atoms with Crippen LogP contribution in [-0.2, 0) is 9.59 Å². The van der Waals surface area contributed by atoms with Gasteiger partial charge in [0, 0.05) is 32.0 Å². The Morgan fingerprint density at radius 2 is 1.81 bits per heavy atom. The molecule has 2 amide bonds. The van der Waals surface area contributed by atoms with E-state index in [1.165, 1.54) is 25.7 Å². The number of amides is 2. The van der Waals surface area contributed by atoms with Crippen molar-refractivity contribution in [1.82, 2.24) is 10.2 Å². The molecule has 0 radical (unpaired) electrons. The lowest BCUT2D eigenvalue weighted by Crippen LogP contribution is -2.61. The van der Waals surface area contributed by atoms with Gasteiger partial charge < -0.3 is 10.2 Å². The van der Waals surface area contributed by atoms with Gasteiger partial charge in [-0.15, -0.1) is 0 Å². The summed E-state index contributed by atoms with van der Waals surface area (Å²) in [7, 11) is 2.03. The molecule has 4 fully saturated rings. The molecule has 3 aliphatic carbocycles. The van der Waals surface area contributed by atoms with E-state index in [4.69, 9.17) is 0 Å². The number of rotatable bonds is 2. The van der Waals surface area contributed by atoms with Crippen LogP contribution >= 0.6 is 0 Å². The number of carbonyl (C=O) groups is 2. The zero-order valence-corrected chi connectivity index (χ0v) is 17.0. The van der Waals surface area contributed by atoms with Gasteiger partial charge in [0.2, 0.25) is 11.8 Å². The highest BCUT2D eigenvalue weighted by Crippen LogP contribution is 2.66. The first kappa shape index (κ1) is 18.3. The molecule has 0 spiro atoms.